The lowest BCUT2D eigenvalue weighted by atomic mass is 10.1. The minimum absolute atomic E-state index is 0.121. The van der Waals surface area contributed by atoms with Gasteiger partial charge in [-0.15, -0.1) is 5.06 Å². The van der Waals surface area contributed by atoms with E-state index < -0.39 is 0 Å². The summed E-state index contributed by atoms with van der Waals surface area (Å²) in [5, 5.41) is 13.9. The fourth-order valence-electron chi connectivity index (χ4n) is 2.67. The number of phenolic OH excluding ortho intramolecular Hbond substituents is 1. The van der Waals surface area contributed by atoms with E-state index in [0.29, 0.717) is 18.5 Å². The fourth-order valence-corrected chi connectivity index (χ4v) is 3.54. The van der Waals surface area contributed by atoms with E-state index >= 15 is 0 Å². The number of thioether (sulfide) groups is 1. The summed E-state index contributed by atoms with van der Waals surface area (Å²) in [6, 6.07) is 6.22. The average Bonchev–Trinajstić information content (AvgIpc) is 2.65. The summed E-state index contributed by atoms with van der Waals surface area (Å²) in [6.45, 7) is 2.28. The van der Waals surface area contributed by atoms with Gasteiger partial charge in [0.1, 0.15) is 5.75 Å². The zero-order valence-corrected chi connectivity index (χ0v) is 15.9. The predicted molar refractivity (Wildman–Crippen MR) is 103 cm³/mol. The third kappa shape index (κ3) is 8.10. The topological polar surface area (TPSA) is 78.9 Å². The summed E-state index contributed by atoms with van der Waals surface area (Å²) < 4.78 is 0. The fraction of sp³-hybridized carbons (Fsp3) is 0.579. The Bertz CT molecular complexity index is 559. The number of phenols is 1. The number of hydrogen-bond donors (Lipinski definition) is 2. The second-order valence-electron chi connectivity index (χ2n) is 6.33. The second-order valence-corrected chi connectivity index (χ2v) is 7.55. The van der Waals surface area contributed by atoms with Crippen LogP contribution in [0.5, 0.6) is 5.75 Å². The standard InChI is InChI=1S/C19H28N2O4S/c22-17-9-7-16(8-10-17)19(24)20-11-5-3-1-2-4-6-18(23)25-21-12-14-26-15-13-21/h7-10,22H,1-6,11-15H2,(H,20,24). The average molecular weight is 381 g/mol. The first-order valence-electron chi connectivity index (χ1n) is 9.26. The summed E-state index contributed by atoms with van der Waals surface area (Å²) in [6.07, 6.45) is 5.30. The van der Waals surface area contributed by atoms with Crippen LogP contribution in [0.25, 0.3) is 0 Å². The van der Waals surface area contributed by atoms with Crippen LogP contribution in [0.4, 0.5) is 0 Å². The van der Waals surface area contributed by atoms with Crippen molar-refractivity contribution >= 4 is 23.6 Å². The smallest absolute Gasteiger partial charge is 0.325 e. The van der Waals surface area contributed by atoms with Gasteiger partial charge in [0.2, 0.25) is 0 Å². The maximum Gasteiger partial charge on any atom is 0.325 e. The molecule has 0 unspecified atom stereocenters. The van der Waals surface area contributed by atoms with Gasteiger partial charge >= 0.3 is 5.97 Å². The molecule has 1 heterocycles. The number of hydrogen-bond acceptors (Lipinski definition) is 6. The van der Waals surface area contributed by atoms with Gasteiger partial charge in [-0.1, -0.05) is 19.3 Å². The van der Waals surface area contributed by atoms with Crippen LogP contribution in [0.15, 0.2) is 24.3 Å². The summed E-state index contributed by atoms with van der Waals surface area (Å²) in [5.74, 6) is 1.95. The van der Waals surface area contributed by atoms with Gasteiger partial charge in [-0.3, -0.25) is 9.59 Å². The van der Waals surface area contributed by atoms with Gasteiger partial charge in [0.15, 0.2) is 0 Å². The first-order valence-corrected chi connectivity index (χ1v) is 10.4. The number of aromatic hydroxyl groups is 1. The first-order chi connectivity index (χ1) is 12.6. The summed E-state index contributed by atoms with van der Waals surface area (Å²) >= 11 is 1.89. The van der Waals surface area contributed by atoms with E-state index in [0.717, 1.165) is 56.7 Å². The zero-order chi connectivity index (χ0) is 18.6. The number of unbranched alkanes of at least 4 members (excludes halogenated alkanes) is 4. The van der Waals surface area contributed by atoms with Crippen LogP contribution in [0.1, 0.15) is 48.9 Å². The Kier molecular flexibility index (Phi) is 9.34. The Morgan fingerprint density at radius 2 is 1.69 bits per heavy atom. The maximum atomic E-state index is 11.9. The van der Waals surface area contributed by atoms with Crippen molar-refractivity contribution in [3.63, 3.8) is 0 Å². The summed E-state index contributed by atoms with van der Waals surface area (Å²) in [7, 11) is 0. The quantitative estimate of drug-likeness (QED) is 0.608. The van der Waals surface area contributed by atoms with E-state index in [1.807, 2.05) is 11.8 Å². The molecule has 1 aromatic rings. The number of carbonyl (C=O) groups is 2. The monoisotopic (exact) mass is 380 g/mol. The van der Waals surface area contributed by atoms with Gasteiger partial charge in [-0.25, -0.2) is 0 Å². The van der Waals surface area contributed by atoms with Crippen LogP contribution < -0.4 is 5.32 Å². The largest absolute Gasteiger partial charge is 0.508 e. The molecule has 1 saturated heterocycles. The molecule has 1 aromatic carbocycles. The lowest BCUT2D eigenvalue weighted by molar-refractivity contribution is -0.188. The number of carbonyl (C=O) groups excluding carboxylic acids is 2. The number of nitrogens with zero attached hydrogens (tertiary/aromatic N) is 1. The molecule has 0 aliphatic carbocycles. The van der Waals surface area contributed by atoms with Crippen LogP contribution in [-0.2, 0) is 9.63 Å². The molecule has 6 nitrogen and oxygen atoms in total. The molecule has 26 heavy (non-hydrogen) atoms. The van der Waals surface area contributed by atoms with Crippen LogP contribution in [0.2, 0.25) is 0 Å². The van der Waals surface area contributed by atoms with Crippen molar-refractivity contribution in [2.24, 2.45) is 0 Å². The molecular formula is C19H28N2O4S. The molecule has 1 amide bonds. The lowest BCUT2D eigenvalue weighted by Crippen LogP contribution is -2.34. The van der Waals surface area contributed by atoms with E-state index in [2.05, 4.69) is 5.32 Å². The molecule has 0 saturated carbocycles. The van der Waals surface area contributed by atoms with Crippen LogP contribution in [0.3, 0.4) is 0 Å². The predicted octanol–water partition coefficient (Wildman–Crippen LogP) is 2.97. The number of amides is 1. The molecule has 0 spiro atoms. The third-order valence-corrected chi connectivity index (χ3v) is 5.12. The Morgan fingerprint density at radius 3 is 2.42 bits per heavy atom. The number of nitrogens with one attached hydrogen (secondary N) is 1. The van der Waals surface area contributed by atoms with E-state index in [-0.39, 0.29) is 17.6 Å². The van der Waals surface area contributed by atoms with Gasteiger partial charge in [0.05, 0.1) is 0 Å². The van der Waals surface area contributed by atoms with E-state index in [1.54, 1.807) is 17.2 Å². The molecular weight excluding hydrogens is 352 g/mol. The molecule has 7 heteroatoms. The third-order valence-electron chi connectivity index (χ3n) is 4.17. The van der Waals surface area contributed by atoms with E-state index in [9.17, 15) is 14.7 Å². The number of benzene rings is 1. The van der Waals surface area contributed by atoms with Crippen molar-refractivity contribution in [3.05, 3.63) is 29.8 Å². The summed E-state index contributed by atoms with van der Waals surface area (Å²) in [4.78, 5) is 29.0. The molecule has 0 atom stereocenters. The highest BCUT2D eigenvalue weighted by atomic mass is 32.2. The minimum atomic E-state index is -0.127. The van der Waals surface area contributed by atoms with Crippen LogP contribution in [0, 0.1) is 0 Å². The van der Waals surface area contributed by atoms with Crippen LogP contribution in [-0.4, -0.2) is 53.2 Å². The highest BCUT2D eigenvalue weighted by molar-refractivity contribution is 7.99. The SMILES string of the molecule is O=C(CCCCCCCNC(=O)c1ccc(O)cc1)ON1CCSCC1. The Hall–Kier alpha value is -1.73. The van der Waals surface area contributed by atoms with Crippen molar-refractivity contribution in [1.29, 1.82) is 0 Å². The molecule has 0 bridgehead atoms. The van der Waals surface area contributed by atoms with Gasteiger partial charge < -0.3 is 15.3 Å². The molecule has 0 radical (unpaired) electrons. The van der Waals surface area contributed by atoms with Crippen molar-refractivity contribution in [1.82, 2.24) is 10.4 Å². The number of hydroxylamine groups is 2. The molecule has 1 fully saturated rings. The Balaban J connectivity index is 1.43. The zero-order valence-electron chi connectivity index (χ0n) is 15.1. The summed E-state index contributed by atoms with van der Waals surface area (Å²) in [5.41, 5.74) is 0.550. The minimum Gasteiger partial charge on any atom is -0.508 e. The number of rotatable bonds is 10. The molecule has 1 aliphatic rings. The normalized spacial score (nSPS) is 14.8. The van der Waals surface area contributed by atoms with E-state index in [4.69, 9.17) is 4.84 Å². The highest BCUT2D eigenvalue weighted by Crippen LogP contribution is 2.12. The highest BCUT2D eigenvalue weighted by Gasteiger charge is 2.14. The van der Waals surface area contributed by atoms with Crippen LogP contribution >= 0.6 is 11.8 Å². The van der Waals surface area contributed by atoms with E-state index in [1.165, 1.54) is 12.1 Å². The first kappa shape index (κ1) is 20.6. The lowest BCUT2D eigenvalue weighted by Gasteiger charge is -2.24. The molecule has 144 valence electrons. The molecule has 0 aromatic heterocycles. The van der Waals surface area contributed by atoms with Crippen molar-refractivity contribution in [2.75, 3.05) is 31.1 Å². The van der Waals surface area contributed by atoms with Gasteiger partial charge in [-0.2, -0.15) is 11.8 Å². The van der Waals surface area contributed by atoms with Gasteiger partial charge in [-0.05, 0) is 37.1 Å². The van der Waals surface area contributed by atoms with Gasteiger partial charge in [0, 0.05) is 43.1 Å². The second kappa shape index (κ2) is 11.8. The Morgan fingerprint density at radius 1 is 1.04 bits per heavy atom. The molecule has 1 aliphatic heterocycles. The van der Waals surface area contributed by atoms with Gasteiger partial charge in [0.25, 0.3) is 5.91 Å². The Labute approximate surface area is 159 Å². The molecule has 2 N–H and O–H groups in total. The van der Waals surface area contributed by atoms with Crippen molar-refractivity contribution in [3.8, 4) is 5.75 Å². The molecule has 2 rings (SSSR count). The maximum absolute atomic E-state index is 11.9. The van der Waals surface area contributed by atoms with Crippen molar-refractivity contribution in [2.45, 2.75) is 38.5 Å². The van der Waals surface area contributed by atoms with Crippen molar-refractivity contribution < 1.29 is 19.5 Å².